The van der Waals surface area contributed by atoms with Crippen molar-refractivity contribution in [3.8, 4) is 11.5 Å². The molecule has 0 nitrogen and oxygen atoms in total. The fourth-order valence-electron chi connectivity index (χ4n) is 0.822. The van der Waals surface area contributed by atoms with Gasteiger partial charge in [-0.05, 0) is 38.1 Å². The van der Waals surface area contributed by atoms with Crippen LogP contribution in [0.25, 0.3) is 0 Å². The summed E-state index contributed by atoms with van der Waals surface area (Å²) in [6.45, 7) is 4.10. The van der Waals surface area contributed by atoms with Crippen molar-refractivity contribution in [2.24, 2.45) is 0 Å². The van der Waals surface area contributed by atoms with Crippen molar-refractivity contribution in [2.75, 3.05) is 0 Å². The SMILES string of the molecule is CC(C)=C[Si]C#Cc1ccc(F)cc1. The second kappa shape index (κ2) is 5.41. The highest BCUT2D eigenvalue weighted by Crippen LogP contribution is 2.00. The van der Waals surface area contributed by atoms with Gasteiger partial charge in [-0.25, -0.2) is 4.39 Å². The topological polar surface area (TPSA) is 0 Å². The van der Waals surface area contributed by atoms with Gasteiger partial charge in [-0.3, -0.25) is 0 Å². The van der Waals surface area contributed by atoms with Gasteiger partial charge in [0.25, 0.3) is 0 Å². The third kappa shape index (κ3) is 4.06. The van der Waals surface area contributed by atoms with Gasteiger partial charge in [0, 0.05) is 5.56 Å². The lowest BCUT2D eigenvalue weighted by Gasteiger charge is -1.88. The summed E-state index contributed by atoms with van der Waals surface area (Å²) >= 11 is 0. The molecule has 0 aliphatic heterocycles. The van der Waals surface area contributed by atoms with E-state index in [2.05, 4.69) is 17.2 Å². The van der Waals surface area contributed by atoms with Gasteiger partial charge in [-0.1, -0.05) is 17.2 Å². The fraction of sp³-hybridized carbons (Fsp3) is 0.167. The Bertz CT molecular complexity index is 375. The predicted molar refractivity (Wildman–Crippen MR) is 58.5 cm³/mol. The maximum absolute atomic E-state index is 12.5. The fourth-order valence-corrected chi connectivity index (χ4v) is 1.40. The van der Waals surface area contributed by atoms with Gasteiger partial charge in [0.15, 0.2) is 9.52 Å². The lowest BCUT2D eigenvalue weighted by atomic mass is 10.2. The lowest BCUT2D eigenvalue weighted by molar-refractivity contribution is 0.627. The average Bonchev–Trinajstić information content (AvgIpc) is 2.15. The van der Waals surface area contributed by atoms with Crippen LogP contribution in [0.1, 0.15) is 19.4 Å². The third-order valence-electron chi connectivity index (χ3n) is 1.48. The van der Waals surface area contributed by atoms with E-state index >= 15 is 0 Å². The molecule has 0 atom stereocenters. The second-order valence-electron chi connectivity index (χ2n) is 3.12. The quantitative estimate of drug-likeness (QED) is 0.485. The zero-order valence-corrected chi connectivity index (χ0v) is 9.26. The van der Waals surface area contributed by atoms with Crippen LogP contribution in [0.4, 0.5) is 4.39 Å². The number of hydrogen-bond acceptors (Lipinski definition) is 0. The molecule has 70 valence electrons. The first-order valence-corrected chi connectivity index (χ1v) is 5.42. The Labute approximate surface area is 86.7 Å². The third-order valence-corrected chi connectivity index (χ3v) is 2.48. The Balaban J connectivity index is 2.60. The van der Waals surface area contributed by atoms with Crippen LogP contribution in [-0.4, -0.2) is 9.52 Å². The highest BCUT2D eigenvalue weighted by atomic mass is 28.2. The molecule has 1 aromatic carbocycles. The van der Waals surface area contributed by atoms with E-state index in [0.717, 1.165) is 5.56 Å². The van der Waals surface area contributed by atoms with Crippen LogP contribution in [0.5, 0.6) is 0 Å². The minimum Gasteiger partial charge on any atom is -0.207 e. The van der Waals surface area contributed by atoms with E-state index in [0.29, 0.717) is 9.52 Å². The Hall–Kier alpha value is -1.33. The molecule has 1 aromatic rings. The van der Waals surface area contributed by atoms with Gasteiger partial charge in [0.1, 0.15) is 5.82 Å². The maximum Gasteiger partial charge on any atom is 0.178 e. The van der Waals surface area contributed by atoms with E-state index in [1.54, 1.807) is 12.1 Å². The standard InChI is InChI=1S/C12H11FSi/c1-10(2)9-14-8-7-11-3-5-12(13)6-4-11/h3-6,9H,1-2H3. The van der Waals surface area contributed by atoms with Crippen LogP contribution in [0, 0.1) is 17.3 Å². The van der Waals surface area contributed by atoms with Crippen molar-refractivity contribution in [3.05, 3.63) is 46.9 Å². The minimum absolute atomic E-state index is 0.220. The van der Waals surface area contributed by atoms with Gasteiger partial charge < -0.3 is 0 Å². The van der Waals surface area contributed by atoms with Crippen molar-refractivity contribution in [2.45, 2.75) is 13.8 Å². The van der Waals surface area contributed by atoms with Crippen molar-refractivity contribution >= 4 is 9.52 Å². The van der Waals surface area contributed by atoms with Gasteiger partial charge in [-0.2, -0.15) is 0 Å². The molecule has 0 heterocycles. The molecular weight excluding hydrogens is 191 g/mol. The van der Waals surface area contributed by atoms with E-state index in [-0.39, 0.29) is 5.82 Å². The van der Waals surface area contributed by atoms with E-state index in [9.17, 15) is 4.39 Å². The smallest absolute Gasteiger partial charge is 0.178 e. The minimum atomic E-state index is -0.220. The van der Waals surface area contributed by atoms with Crippen LogP contribution in [0.15, 0.2) is 35.5 Å². The summed E-state index contributed by atoms with van der Waals surface area (Å²) in [7, 11) is 0.518. The molecule has 0 saturated carbocycles. The predicted octanol–water partition coefficient (Wildman–Crippen LogP) is 2.76. The van der Waals surface area contributed by atoms with E-state index in [1.807, 2.05) is 13.8 Å². The van der Waals surface area contributed by atoms with Gasteiger partial charge in [0.05, 0.1) is 0 Å². The first-order valence-electron chi connectivity index (χ1n) is 4.34. The van der Waals surface area contributed by atoms with Crippen LogP contribution < -0.4 is 0 Å². The Morgan fingerprint density at radius 2 is 1.93 bits per heavy atom. The van der Waals surface area contributed by atoms with Gasteiger partial charge in [0.2, 0.25) is 0 Å². The zero-order chi connectivity index (χ0) is 10.4. The molecule has 0 fully saturated rings. The summed E-state index contributed by atoms with van der Waals surface area (Å²) in [6, 6.07) is 6.23. The summed E-state index contributed by atoms with van der Waals surface area (Å²) in [6.07, 6.45) is 0. The van der Waals surface area contributed by atoms with E-state index in [1.165, 1.54) is 17.7 Å². The Morgan fingerprint density at radius 1 is 1.29 bits per heavy atom. The molecule has 0 saturated heterocycles. The molecule has 0 aliphatic carbocycles. The first kappa shape index (κ1) is 10.7. The highest BCUT2D eigenvalue weighted by Gasteiger charge is 1.87. The van der Waals surface area contributed by atoms with Crippen LogP contribution in [-0.2, 0) is 0 Å². The molecule has 14 heavy (non-hydrogen) atoms. The molecule has 0 aliphatic rings. The molecule has 1 rings (SSSR count). The van der Waals surface area contributed by atoms with Crippen molar-refractivity contribution in [1.29, 1.82) is 0 Å². The highest BCUT2D eigenvalue weighted by molar-refractivity contribution is 6.52. The first-order chi connectivity index (χ1) is 6.68. The second-order valence-corrected chi connectivity index (χ2v) is 3.95. The monoisotopic (exact) mass is 202 g/mol. The van der Waals surface area contributed by atoms with Gasteiger partial charge in [-0.15, -0.1) is 5.54 Å². The summed E-state index contributed by atoms with van der Waals surface area (Å²) in [5.74, 6) is 2.76. The molecule has 0 N–H and O–H groups in total. The largest absolute Gasteiger partial charge is 0.207 e. The van der Waals surface area contributed by atoms with Gasteiger partial charge >= 0.3 is 0 Å². The average molecular weight is 202 g/mol. The van der Waals surface area contributed by atoms with E-state index < -0.39 is 0 Å². The molecular formula is C12H11FSi. The number of benzene rings is 1. The zero-order valence-electron chi connectivity index (χ0n) is 8.26. The molecule has 2 radical (unpaired) electrons. The Morgan fingerprint density at radius 3 is 2.50 bits per heavy atom. The molecule has 0 spiro atoms. The lowest BCUT2D eigenvalue weighted by Crippen LogP contribution is -1.81. The van der Waals surface area contributed by atoms with Crippen molar-refractivity contribution < 1.29 is 4.39 Å². The van der Waals surface area contributed by atoms with Crippen molar-refractivity contribution in [3.63, 3.8) is 0 Å². The van der Waals surface area contributed by atoms with E-state index in [4.69, 9.17) is 0 Å². The van der Waals surface area contributed by atoms with Crippen molar-refractivity contribution in [1.82, 2.24) is 0 Å². The molecule has 0 unspecified atom stereocenters. The summed E-state index contributed by atoms with van der Waals surface area (Å²) < 4.78 is 12.5. The molecule has 2 heteroatoms. The van der Waals surface area contributed by atoms with Crippen LogP contribution >= 0.6 is 0 Å². The number of allylic oxidation sites excluding steroid dienone is 1. The number of hydrogen-bond donors (Lipinski definition) is 0. The van der Waals surface area contributed by atoms with Crippen LogP contribution in [0.2, 0.25) is 0 Å². The number of rotatable bonds is 1. The Kier molecular flexibility index (Phi) is 4.15. The summed E-state index contributed by atoms with van der Waals surface area (Å²) in [5, 5.41) is 0. The molecule has 0 aromatic heterocycles. The van der Waals surface area contributed by atoms with Crippen LogP contribution in [0.3, 0.4) is 0 Å². The summed E-state index contributed by atoms with van der Waals surface area (Å²) in [5.41, 5.74) is 7.26. The summed E-state index contributed by atoms with van der Waals surface area (Å²) in [4.78, 5) is 0. The molecule has 0 amide bonds. The number of halogens is 1. The normalized spacial score (nSPS) is 8.79. The molecule has 0 bridgehead atoms. The maximum atomic E-state index is 12.5.